The zero-order valence-corrected chi connectivity index (χ0v) is 45.2. The summed E-state index contributed by atoms with van der Waals surface area (Å²) in [6, 6.07) is -0.731. The molecule has 3 atom stereocenters. The van der Waals surface area contributed by atoms with E-state index in [1.165, 1.54) is 122 Å². The van der Waals surface area contributed by atoms with Crippen molar-refractivity contribution in [2.75, 3.05) is 6.61 Å². The molecular formula is C63H109NO5. The number of aliphatic hydroxyl groups excluding tert-OH is 2. The third-order valence-electron chi connectivity index (χ3n) is 12.7. The Hall–Kier alpha value is -3.22. The van der Waals surface area contributed by atoms with Gasteiger partial charge in [-0.15, -0.1) is 0 Å². The maximum atomic E-state index is 13.3. The second-order valence-electron chi connectivity index (χ2n) is 19.4. The number of carbonyl (C=O) groups is 2. The Bertz CT molecular complexity index is 1350. The standard InChI is InChI=1S/C63H109NO5/c1-4-7-10-13-16-19-22-25-28-30-32-35-38-41-44-47-50-53-56-63(68)69-59(54-51-48-45-42-39-36-34-31-29-26-23-20-17-14-11-8-5-2)57-62(67)64-60(58-65)61(66)55-52-49-46-43-40-37-33-27-24-21-18-15-12-9-6-3/h16-17,19-20,22,25-26,28-30,32,34-36,42,45,59-61,65-66H,4-15,18,21,23-24,27,31,33,37-41,43-44,46-58H2,1-3H3,(H,64,67)/b19-16+,20-17-,25-22+,29-26-,30-28+,35-32+,36-34-,45-42-. The van der Waals surface area contributed by atoms with Crippen molar-refractivity contribution >= 4 is 11.9 Å². The lowest BCUT2D eigenvalue weighted by atomic mass is 10.0. The lowest BCUT2D eigenvalue weighted by Gasteiger charge is -2.24. The van der Waals surface area contributed by atoms with Crippen molar-refractivity contribution in [3.63, 3.8) is 0 Å². The van der Waals surface area contributed by atoms with Gasteiger partial charge >= 0.3 is 5.97 Å². The molecule has 0 radical (unpaired) electrons. The molecule has 6 heteroatoms. The van der Waals surface area contributed by atoms with Gasteiger partial charge in [0.05, 0.1) is 25.2 Å². The van der Waals surface area contributed by atoms with Crippen LogP contribution in [-0.4, -0.2) is 46.9 Å². The molecule has 3 N–H and O–H groups in total. The number of carbonyl (C=O) groups excluding carboxylic acids is 2. The Morgan fingerprint density at radius 3 is 1.30 bits per heavy atom. The normalized spacial score (nSPS) is 13.9. The van der Waals surface area contributed by atoms with E-state index in [4.69, 9.17) is 4.74 Å². The van der Waals surface area contributed by atoms with Gasteiger partial charge in [-0.3, -0.25) is 9.59 Å². The number of aliphatic hydroxyl groups is 2. The zero-order valence-electron chi connectivity index (χ0n) is 45.2. The van der Waals surface area contributed by atoms with Crippen molar-refractivity contribution in [2.24, 2.45) is 0 Å². The van der Waals surface area contributed by atoms with E-state index in [0.29, 0.717) is 19.3 Å². The van der Waals surface area contributed by atoms with Crippen LogP contribution < -0.4 is 5.32 Å². The predicted molar refractivity (Wildman–Crippen MR) is 300 cm³/mol. The molecular weight excluding hydrogens is 851 g/mol. The molecule has 0 saturated heterocycles. The van der Waals surface area contributed by atoms with Crippen molar-refractivity contribution in [2.45, 2.75) is 283 Å². The number of esters is 1. The highest BCUT2D eigenvalue weighted by molar-refractivity contribution is 5.77. The van der Waals surface area contributed by atoms with Crippen molar-refractivity contribution < 1.29 is 24.5 Å². The van der Waals surface area contributed by atoms with Gasteiger partial charge in [0.1, 0.15) is 6.10 Å². The highest BCUT2D eigenvalue weighted by Gasteiger charge is 2.24. The Balaban J connectivity index is 4.73. The molecule has 0 heterocycles. The number of hydrogen-bond donors (Lipinski definition) is 3. The van der Waals surface area contributed by atoms with Gasteiger partial charge in [0.25, 0.3) is 0 Å². The molecule has 0 aliphatic heterocycles. The van der Waals surface area contributed by atoms with Crippen molar-refractivity contribution in [1.29, 1.82) is 0 Å². The van der Waals surface area contributed by atoms with E-state index in [1.807, 2.05) is 0 Å². The van der Waals surface area contributed by atoms with Crippen LogP contribution in [-0.2, 0) is 14.3 Å². The van der Waals surface area contributed by atoms with E-state index >= 15 is 0 Å². The summed E-state index contributed by atoms with van der Waals surface area (Å²) >= 11 is 0. The molecule has 0 aromatic carbocycles. The molecule has 1 amide bonds. The molecule has 0 aromatic heterocycles. The molecule has 396 valence electrons. The van der Waals surface area contributed by atoms with E-state index < -0.39 is 18.2 Å². The van der Waals surface area contributed by atoms with Gasteiger partial charge in [-0.05, 0) is 89.9 Å². The fraction of sp³-hybridized carbons (Fsp3) is 0.714. The monoisotopic (exact) mass is 960 g/mol. The summed E-state index contributed by atoms with van der Waals surface area (Å²) in [5.41, 5.74) is 0. The second-order valence-corrected chi connectivity index (χ2v) is 19.4. The summed E-state index contributed by atoms with van der Waals surface area (Å²) in [5, 5.41) is 23.9. The van der Waals surface area contributed by atoms with Crippen molar-refractivity contribution in [3.05, 3.63) is 97.2 Å². The summed E-state index contributed by atoms with van der Waals surface area (Å²) in [6.45, 7) is 6.41. The van der Waals surface area contributed by atoms with Crippen LogP contribution in [0.4, 0.5) is 0 Å². The molecule has 0 fully saturated rings. The number of allylic oxidation sites excluding steroid dienone is 16. The largest absolute Gasteiger partial charge is 0.462 e. The van der Waals surface area contributed by atoms with Gasteiger partial charge in [0.15, 0.2) is 0 Å². The Morgan fingerprint density at radius 1 is 0.435 bits per heavy atom. The lowest BCUT2D eigenvalue weighted by Crippen LogP contribution is -2.46. The van der Waals surface area contributed by atoms with Crippen molar-refractivity contribution in [1.82, 2.24) is 5.32 Å². The molecule has 0 aliphatic rings. The van der Waals surface area contributed by atoms with Crippen LogP contribution in [0.3, 0.4) is 0 Å². The average Bonchev–Trinajstić information content (AvgIpc) is 3.34. The molecule has 0 rings (SSSR count). The average molecular weight is 961 g/mol. The SMILES string of the molecule is CCCCC/C=C\C/C=C\C/C=C\C/C=C\CCCC(CC(=O)NC(CO)C(O)CCCCCCCCCCCCCCCCC)OC(=O)CCCCCCC/C=C/C=C/C=C/C=C/CCCCC. The topological polar surface area (TPSA) is 95.9 Å². The smallest absolute Gasteiger partial charge is 0.306 e. The zero-order chi connectivity index (χ0) is 50.2. The molecule has 0 aliphatic carbocycles. The van der Waals surface area contributed by atoms with E-state index in [9.17, 15) is 19.8 Å². The minimum Gasteiger partial charge on any atom is -0.462 e. The minimum atomic E-state index is -0.813. The maximum Gasteiger partial charge on any atom is 0.306 e. The second kappa shape index (κ2) is 55.7. The molecule has 0 bridgehead atoms. The van der Waals surface area contributed by atoms with Gasteiger partial charge in [0, 0.05) is 6.42 Å². The third kappa shape index (κ3) is 51.0. The molecule has 69 heavy (non-hydrogen) atoms. The number of rotatable bonds is 51. The first-order chi connectivity index (χ1) is 34.0. The fourth-order valence-electron chi connectivity index (χ4n) is 8.31. The van der Waals surface area contributed by atoms with Gasteiger partial charge < -0.3 is 20.3 Å². The summed E-state index contributed by atoms with van der Waals surface area (Å²) in [5.74, 6) is -0.556. The van der Waals surface area contributed by atoms with E-state index in [-0.39, 0.29) is 24.9 Å². The van der Waals surface area contributed by atoms with Crippen LogP contribution in [0.2, 0.25) is 0 Å². The molecule has 3 unspecified atom stereocenters. The summed E-state index contributed by atoms with van der Waals surface area (Å²) in [7, 11) is 0. The predicted octanol–water partition coefficient (Wildman–Crippen LogP) is 18.1. The molecule has 0 spiro atoms. The van der Waals surface area contributed by atoms with Crippen LogP contribution in [0.1, 0.15) is 265 Å². The Kier molecular flexibility index (Phi) is 53.1. The lowest BCUT2D eigenvalue weighted by molar-refractivity contribution is -0.151. The highest BCUT2D eigenvalue weighted by atomic mass is 16.5. The van der Waals surface area contributed by atoms with Crippen LogP contribution in [0.5, 0.6) is 0 Å². The summed E-state index contributed by atoms with van der Waals surface area (Å²) in [6.07, 6.45) is 74.6. The van der Waals surface area contributed by atoms with Gasteiger partial charge in [-0.1, -0.05) is 259 Å². The van der Waals surface area contributed by atoms with E-state index in [2.05, 4.69) is 123 Å². The molecule has 6 nitrogen and oxygen atoms in total. The number of unbranched alkanes of at least 4 members (excludes halogenated alkanes) is 26. The van der Waals surface area contributed by atoms with E-state index in [1.54, 1.807) is 0 Å². The fourth-order valence-corrected chi connectivity index (χ4v) is 8.31. The van der Waals surface area contributed by atoms with Crippen molar-refractivity contribution in [3.8, 4) is 0 Å². The summed E-state index contributed by atoms with van der Waals surface area (Å²) in [4.78, 5) is 26.3. The molecule has 0 saturated carbocycles. The van der Waals surface area contributed by atoms with Crippen LogP contribution in [0.15, 0.2) is 97.2 Å². The number of ether oxygens (including phenoxy) is 1. The molecule has 0 aromatic rings. The number of nitrogens with one attached hydrogen (secondary N) is 1. The first kappa shape index (κ1) is 65.8. The van der Waals surface area contributed by atoms with Crippen LogP contribution in [0, 0.1) is 0 Å². The third-order valence-corrected chi connectivity index (χ3v) is 12.7. The van der Waals surface area contributed by atoms with Gasteiger partial charge in [-0.2, -0.15) is 0 Å². The van der Waals surface area contributed by atoms with E-state index in [0.717, 1.165) is 96.3 Å². The van der Waals surface area contributed by atoms with Crippen LogP contribution in [0.25, 0.3) is 0 Å². The first-order valence-electron chi connectivity index (χ1n) is 29.0. The highest BCUT2D eigenvalue weighted by Crippen LogP contribution is 2.17. The van der Waals surface area contributed by atoms with Crippen LogP contribution >= 0.6 is 0 Å². The summed E-state index contributed by atoms with van der Waals surface area (Å²) < 4.78 is 5.92. The van der Waals surface area contributed by atoms with Gasteiger partial charge in [0.2, 0.25) is 5.91 Å². The number of hydrogen-bond acceptors (Lipinski definition) is 5. The Labute approximate surface area is 426 Å². The minimum absolute atomic E-state index is 0.0255. The maximum absolute atomic E-state index is 13.3. The quantitative estimate of drug-likeness (QED) is 0.0244. The Morgan fingerprint density at radius 2 is 0.812 bits per heavy atom. The number of amides is 1. The first-order valence-corrected chi connectivity index (χ1v) is 29.0. The van der Waals surface area contributed by atoms with Gasteiger partial charge in [-0.25, -0.2) is 0 Å².